The van der Waals surface area contributed by atoms with E-state index in [2.05, 4.69) is 69.1 Å². The van der Waals surface area contributed by atoms with E-state index in [0.717, 1.165) is 23.2 Å². The van der Waals surface area contributed by atoms with E-state index in [0.29, 0.717) is 5.11 Å². The standard InChI is InChI=1S/C23H20N4S/c28-23(25-20-11-5-2-6-12-20)26-24-15-19-17-27(16-18-9-3-1-4-10-18)22-14-8-7-13-21(19)22/h1-15,17H,16H2,(H2,25,26,28)/b24-15+. The highest BCUT2D eigenvalue weighted by atomic mass is 32.1. The molecule has 0 radical (unpaired) electrons. The molecule has 4 aromatic rings. The van der Waals surface area contributed by atoms with Crippen molar-refractivity contribution in [3.8, 4) is 0 Å². The molecule has 0 aliphatic rings. The van der Waals surface area contributed by atoms with Gasteiger partial charge in [0.1, 0.15) is 0 Å². The zero-order chi connectivity index (χ0) is 19.2. The van der Waals surface area contributed by atoms with Crippen molar-refractivity contribution in [3.63, 3.8) is 0 Å². The summed E-state index contributed by atoms with van der Waals surface area (Å²) in [4.78, 5) is 0. The molecule has 0 saturated heterocycles. The lowest BCUT2D eigenvalue weighted by atomic mass is 10.2. The summed E-state index contributed by atoms with van der Waals surface area (Å²) in [5.74, 6) is 0. The summed E-state index contributed by atoms with van der Waals surface area (Å²) < 4.78 is 2.24. The maximum atomic E-state index is 5.30. The molecule has 5 heteroatoms. The van der Waals surface area contributed by atoms with Crippen LogP contribution in [-0.4, -0.2) is 15.9 Å². The molecule has 2 N–H and O–H groups in total. The second kappa shape index (κ2) is 8.50. The molecule has 0 atom stereocenters. The predicted molar refractivity (Wildman–Crippen MR) is 121 cm³/mol. The van der Waals surface area contributed by atoms with E-state index >= 15 is 0 Å². The maximum absolute atomic E-state index is 5.30. The van der Waals surface area contributed by atoms with Gasteiger partial charge in [-0.25, -0.2) is 0 Å². The third kappa shape index (κ3) is 4.27. The first-order valence-corrected chi connectivity index (χ1v) is 9.47. The highest BCUT2D eigenvalue weighted by Gasteiger charge is 2.07. The molecule has 0 aliphatic carbocycles. The highest BCUT2D eigenvalue weighted by molar-refractivity contribution is 7.80. The van der Waals surface area contributed by atoms with Crippen LogP contribution in [0.1, 0.15) is 11.1 Å². The number of hydrazone groups is 1. The Morgan fingerprint density at radius 3 is 2.36 bits per heavy atom. The second-order valence-electron chi connectivity index (χ2n) is 6.41. The minimum Gasteiger partial charge on any atom is -0.342 e. The molecule has 0 saturated carbocycles. The van der Waals surface area contributed by atoms with Gasteiger partial charge in [-0.3, -0.25) is 5.43 Å². The Bertz CT molecular complexity index is 1100. The number of anilines is 1. The fourth-order valence-corrected chi connectivity index (χ4v) is 3.30. The number of hydrogen-bond donors (Lipinski definition) is 2. The van der Waals surface area contributed by atoms with Crippen molar-refractivity contribution in [2.45, 2.75) is 6.54 Å². The largest absolute Gasteiger partial charge is 0.342 e. The van der Waals surface area contributed by atoms with E-state index in [9.17, 15) is 0 Å². The lowest BCUT2D eigenvalue weighted by molar-refractivity contribution is 0.836. The second-order valence-corrected chi connectivity index (χ2v) is 6.81. The summed E-state index contributed by atoms with van der Waals surface area (Å²) in [6.07, 6.45) is 3.93. The van der Waals surface area contributed by atoms with Crippen LogP contribution in [0.15, 0.2) is 96.2 Å². The Hall–Kier alpha value is -3.44. The number of thiocarbonyl (C=S) groups is 1. The minimum absolute atomic E-state index is 0.454. The average molecular weight is 385 g/mol. The van der Waals surface area contributed by atoms with E-state index in [4.69, 9.17) is 12.2 Å². The van der Waals surface area contributed by atoms with Gasteiger partial charge in [0.15, 0.2) is 5.11 Å². The molecule has 1 heterocycles. The molecule has 0 aliphatic heterocycles. The van der Waals surface area contributed by atoms with Crippen molar-refractivity contribution in [2.75, 3.05) is 5.32 Å². The maximum Gasteiger partial charge on any atom is 0.191 e. The first kappa shape index (κ1) is 17.9. The molecule has 4 rings (SSSR count). The van der Waals surface area contributed by atoms with Gasteiger partial charge in [0, 0.05) is 34.9 Å². The summed E-state index contributed by atoms with van der Waals surface area (Å²) in [6, 6.07) is 28.6. The molecule has 0 fully saturated rings. The number of nitrogens with zero attached hydrogens (tertiary/aromatic N) is 2. The van der Waals surface area contributed by atoms with Gasteiger partial charge in [0.25, 0.3) is 0 Å². The van der Waals surface area contributed by atoms with Crippen LogP contribution in [0, 0.1) is 0 Å². The number of hydrogen-bond acceptors (Lipinski definition) is 2. The van der Waals surface area contributed by atoms with Gasteiger partial charge in [0.2, 0.25) is 0 Å². The van der Waals surface area contributed by atoms with Gasteiger partial charge in [-0.2, -0.15) is 5.10 Å². The average Bonchev–Trinajstić information content (AvgIpc) is 3.07. The number of fused-ring (bicyclic) bond motifs is 1. The number of benzene rings is 3. The van der Waals surface area contributed by atoms with Crippen LogP contribution in [0.4, 0.5) is 5.69 Å². The Morgan fingerprint density at radius 2 is 1.57 bits per heavy atom. The highest BCUT2D eigenvalue weighted by Crippen LogP contribution is 2.21. The third-order valence-electron chi connectivity index (χ3n) is 4.42. The van der Waals surface area contributed by atoms with E-state index in [-0.39, 0.29) is 0 Å². The monoisotopic (exact) mass is 384 g/mol. The number of aromatic nitrogens is 1. The molecular weight excluding hydrogens is 364 g/mol. The van der Waals surface area contributed by atoms with Gasteiger partial charge in [-0.1, -0.05) is 66.7 Å². The molecule has 0 amide bonds. The topological polar surface area (TPSA) is 41.4 Å². The first-order valence-electron chi connectivity index (χ1n) is 9.06. The quantitative estimate of drug-likeness (QED) is 0.289. The summed E-state index contributed by atoms with van der Waals surface area (Å²) in [7, 11) is 0. The van der Waals surface area contributed by atoms with Crippen molar-refractivity contribution < 1.29 is 0 Å². The van der Waals surface area contributed by atoms with E-state index in [1.807, 2.05) is 48.7 Å². The number of para-hydroxylation sites is 2. The smallest absolute Gasteiger partial charge is 0.191 e. The van der Waals surface area contributed by atoms with Crippen LogP contribution in [0.2, 0.25) is 0 Å². The summed E-state index contributed by atoms with van der Waals surface area (Å²) in [5, 5.41) is 9.03. The van der Waals surface area contributed by atoms with Crippen LogP contribution in [0.5, 0.6) is 0 Å². The SMILES string of the molecule is S=C(N/N=C/c1cn(Cc2ccccc2)c2ccccc12)Nc1ccccc1. The Kier molecular flexibility index (Phi) is 5.45. The van der Waals surface area contributed by atoms with Gasteiger partial charge < -0.3 is 9.88 Å². The van der Waals surface area contributed by atoms with E-state index in [1.165, 1.54) is 11.1 Å². The molecule has 28 heavy (non-hydrogen) atoms. The van der Waals surface area contributed by atoms with Crippen LogP contribution < -0.4 is 10.7 Å². The third-order valence-corrected chi connectivity index (χ3v) is 4.61. The zero-order valence-electron chi connectivity index (χ0n) is 15.2. The first-order chi connectivity index (χ1) is 13.8. The summed E-state index contributed by atoms with van der Waals surface area (Å²) in [6.45, 7) is 0.816. The molecule has 3 aromatic carbocycles. The minimum atomic E-state index is 0.454. The molecule has 0 bridgehead atoms. The lowest BCUT2D eigenvalue weighted by Crippen LogP contribution is -2.23. The van der Waals surface area contributed by atoms with Crippen molar-refractivity contribution >= 4 is 40.1 Å². The Balaban J connectivity index is 1.50. The molecule has 0 unspecified atom stereocenters. The van der Waals surface area contributed by atoms with Crippen molar-refractivity contribution in [1.29, 1.82) is 0 Å². The molecule has 0 spiro atoms. The molecular formula is C23H20N4S. The van der Waals surface area contributed by atoms with Gasteiger partial charge >= 0.3 is 0 Å². The molecule has 1 aromatic heterocycles. The van der Waals surface area contributed by atoms with Crippen LogP contribution >= 0.6 is 12.2 Å². The normalized spacial score (nSPS) is 11.0. The summed E-state index contributed by atoms with van der Waals surface area (Å²) >= 11 is 5.30. The zero-order valence-corrected chi connectivity index (χ0v) is 16.1. The van der Waals surface area contributed by atoms with Gasteiger partial charge in [0.05, 0.1) is 6.21 Å². The van der Waals surface area contributed by atoms with Crippen molar-refractivity contribution in [1.82, 2.24) is 9.99 Å². The molecule has 138 valence electrons. The summed E-state index contributed by atoms with van der Waals surface area (Å²) in [5.41, 5.74) is 7.29. The van der Waals surface area contributed by atoms with Gasteiger partial charge in [-0.05, 0) is 36.0 Å². The number of nitrogens with one attached hydrogen (secondary N) is 2. The number of rotatable bonds is 5. The molecule has 4 nitrogen and oxygen atoms in total. The van der Waals surface area contributed by atoms with Crippen LogP contribution in [0.3, 0.4) is 0 Å². The fourth-order valence-electron chi connectivity index (χ4n) is 3.13. The van der Waals surface area contributed by atoms with Crippen LogP contribution in [0.25, 0.3) is 10.9 Å². The fraction of sp³-hybridized carbons (Fsp3) is 0.0435. The van der Waals surface area contributed by atoms with Crippen LogP contribution in [-0.2, 0) is 6.54 Å². The Labute approximate surface area is 169 Å². The van der Waals surface area contributed by atoms with Gasteiger partial charge in [-0.15, -0.1) is 0 Å². The van der Waals surface area contributed by atoms with Crippen molar-refractivity contribution in [2.24, 2.45) is 5.10 Å². The predicted octanol–water partition coefficient (Wildman–Crippen LogP) is 5.01. The van der Waals surface area contributed by atoms with E-state index < -0.39 is 0 Å². The van der Waals surface area contributed by atoms with E-state index in [1.54, 1.807) is 0 Å². The lowest BCUT2D eigenvalue weighted by Gasteiger charge is -2.05. The van der Waals surface area contributed by atoms with Crippen molar-refractivity contribution in [3.05, 3.63) is 102 Å². The Morgan fingerprint density at radius 1 is 0.893 bits per heavy atom.